The van der Waals surface area contributed by atoms with Gasteiger partial charge in [0, 0.05) is 21.5 Å². The summed E-state index contributed by atoms with van der Waals surface area (Å²) in [7, 11) is 0. The molecule has 27 heavy (non-hydrogen) atoms. The third-order valence-corrected chi connectivity index (χ3v) is 5.30. The van der Waals surface area contributed by atoms with Crippen molar-refractivity contribution >= 4 is 55.0 Å². The van der Waals surface area contributed by atoms with Crippen LogP contribution < -0.4 is 10.9 Å². The van der Waals surface area contributed by atoms with E-state index in [1.54, 1.807) is 24.3 Å². The number of carboxylic acids is 1. The molecule has 3 rings (SSSR count). The molecule has 2 heterocycles. The van der Waals surface area contributed by atoms with Gasteiger partial charge in [-0.15, -0.1) is 11.3 Å². The molecule has 0 saturated carbocycles. The Kier molecular flexibility index (Phi) is 5.43. The fourth-order valence-corrected chi connectivity index (χ4v) is 3.84. The van der Waals surface area contributed by atoms with E-state index in [-0.39, 0.29) is 23.4 Å². The lowest BCUT2D eigenvalue weighted by atomic mass is 10.2. The van der Waals surface area contributed by atoms with Crippen molar-refractivity contribution in [2.24, 2.45) is 0 Å². The lowest BCUT2D eigenvalue weighted by Crippen LogP contribution is -2.32. The van der Waals surface area contributed by atoms with Crippen LogP contribution in [0.25, 0.3) is 10.2 Å². The number of hydrogen-bond donors (Lipinski definition) is 2. The number of nitrogens with one attached hydrogen (secondary N) is 1. The van der Waals surface area contributed by atoms with E-state index in [0.29, 0.717) is 16.3 Å². The van der Waals surface area contributed by atoms with Gasteiger partial charge >= 0.3 is 5.97 Å². The number of carbonyl (C=O) groups is 2. The molecule has 7 nitrogen and oxygen atoms in total. The largest absolute Gasteiger partial charge is 0.478 e. The molecule has 9 heteroatoms. The highest BCUT2D eigenvalue weighted by Crippen LogP contribution is 2.24. The first-order valence-electron chi connectivity index (χ1n) is 8.08. The Labute approximate surface area is 166 Å². The normalized spacial score (nSPS) is 11.1. The number of carbonyl (C=O) groups excluding carboxylic acids is 1. The Morgan fingerprint density at radius 2 is 1.96 bits per heavy atom. The van der Waals surface area contributed by atoms with E-state index in [1.807, 2.05) is 13.8 Å². The molecule has 0 bridgehead atoms. The molecule has 0 aliphatic carbocycles. The summed E-state index contributed by atoms with van der Waals surface area (Å²) in [5.74, 6) is -1.26. The molecule has 0 spiro atoms. The summed E-state index contributed by atoms with van der Waals surface area (Å²) in [5.41, 5.74) is -0.0173. The highest BCUT2D eigenvalue weighted by Gasteiger charge is 2.22. The highest BCUT2D eigenvalue weighted by molar-refractivity contribution is 9.10. The zero-order chi connectivity index (χ0) is 19.7. The van der Waals surface area contributed by atoms with E-state index in [2.05, 4.69) is 26.2 Å². The second kappa shape index (κ2) is 7.61. The van der Waals surface area contributed by atoms with Crippen LogP contribution in [0.3, 0.4) is 0 Å². The average Bonchev–Trinajstić information content (AvgIpc) is 3.03. The van der Waals surface area contributed by atoms with Crippen LogP contribution in [0.5, 0.6) is 0 Å². The van der Waals surface area contributed by atoms with Gasteiger partial charge in [0.1, 0.15) is 17.2 Å². The van der Waals surface area contributed by atoms with Crippen LogP contribution in [0.15, 0.2) is 38.9 Å². The van der Waals surface area contributed by atoms with Crippen molar-refractivity contribution in [3.63, 3.8) is 0 Å². The summed E-state index contributed by atoms with van der Waals surface area (Å²) in [5, 5.41) is 13.5. The number of aromatic nitrogens is 2. The van der Waals surface area contributed by atoms with Gasteiger partial charge in [0.2, 0.25) is 5.91 Å². The molecule has 0 aliphatic heterocycles. The second-order valence-corrected chi connectivity index (χ2v) is 7.98. The lowest BCUT2D eigenvalue weighted by Gasteiger charge is -2.15. The first-order valence-corrected chi connectivity index (χ1v) is 9.76. The molecule has 1 aromatic carbocycles. The third kappa shape index (κ3) is 3.93. The summed E-state index contributed by atoms with van der Waals surface area (Å²) in [6, 6.07) is 7.05. The number of rotatable bonds is 5. The minimum Gasteiger partial charge on any atom is -0.478 e. The summed E-state index contributed by atoms with van der Waals surface area (Å²) in [6.45, 7) is 3.48. The molecule has 0 aliphatic rings. The topological polar surface area (TPSA) is 101 Å². The summed E-state index contributed by atoms with van der Waals surface area (Å²) in [6.07, 6.45) is 0. The van der Waals surface area contributed by atoms with Crippen molar-refractivity contribution in [3.05, 3.63) is 55.9 Å². The van der Waals surface area contributed by atoms with Crippen molar-refractivity contribution < 1.29 is 14.7 Å². The predicted octanol–water partition coefficient (Wildman–Crippen LogP) is 3.68. The van der Waals surface area contributed by atoms with Gasteiger partial charge < -0.3 is 10.4 Å². The van der Waals surface area contributed by atoms with Crippen molar-refractivity contribution in [1.82, 2.24) is 9.55 Å². The van der Waals surface area contributed by atoms with Crippen LogP contribution in [-0.2, 0) is 11.3 Å². The van der Waals surface area contributed by atoms with E-state index in [0.717, 1.165) is 15.8 Å². The Morgan fingerprint density at radius 1 is 1.30 bits per heavy atom. The maximum Gasteiger partial charge on any atom is 0.337 e. The molecule has 2 N–H and O–H groups in total. The molecular formula is C18H16BrN3O4S. The second-order valence-electron chi connectivity index (χ2n) is 6.21. The first kappa shape index (κ1) is 19.2. The number of carboxylic acid groups (broad SMARTS) is 1. The van der Waals surface area contributed by atoms with Gasteiger partial charge in [-0.3, -0.25) is 14.2 Å². The SMILES string of the molecule is CC(C)c1nc2scc(C(=O)O)c2c(=O)n1CC(=O)Nc1ccc(Br)cc1. The standard InChI is InChI=1S/C18H16BrN3O4S/c1-9(2)15-21-16-14(12(8-27-16)18(25)26)17(24)22(15)7-13(23)20-11-5-3-10(19)4-6-11/h3-6,8-9H,7H2,1-2H3,(H,20,23)(H,25,26). The number of amides is 1. The molecule has 0 radical (unpaired) electrons. The van der Waals surface area contributed by atoms with Crippen molar-refractivity contribution in [2.75, 3.05) is 5.32 Å². The number of fused-ring (bicyclic) bond motifs is 1. The van der Waals surface area contributed by atoms with Crippen molar-refractivity contribution in [2.45, 2.75) is 26.3 Å². The number of anilines is 1. The Hall–Kier alpha value is -2.52. The molecule has 140 valence electrons. The van der Waals surface area contributed by atoms with Gasteiger partial charge in [-0.1, -0.05) is 29.8 Å². The van der Waals surface area contributed by atoms with E-state index in [4.69, 9.17) is 0 Å². The van der Waals surface area contributed by atoms with Gasteiger partial charge in [-0.25, -0.2) is 9.78 Å². The number of hydrogen-bond acceptors (Lipinski definition) is 5. The van der Waals surface area contributed by atoms with Gasteiger partial charge in [0.05, 0.1) is 10.9 Å². The Bertz CT molecular complexity index is 1090. The van der Waals surface area contributed by atoms with Crippen molar-refractivity contribution in [3.8, 4) is 0 Å². The Morgan fingerprint density at radius 3 is 2.56 bits per heavy atom. The Balaban J connectivity index is 2.02. The summed E-state index contributed by atoms with van der Waals surface area (Å²) in [4.78, 5) is 41.6. The van der Waals surface area contributed by atoms with Crippen LogP contribution in [0.4, 0.5) is 5.69 Å². The summed E-state index contributed by atoms with van der Waals surface area (Å²) < 4.78 is 2.13. The molecule has 0 atom stereocenters. The summed E-state index contributed by atoms with van der Waals surface area (Å²) >= 11 is 4.43. The third-order valence-electron chi connectivity index (χ3n) is 3.90. The smallest absolute Gasteiger partial charge is 0.337 e. The fraction of sp³-hybridized carbons (Fsp3) is 0.222. The minimum absolute atomic E-state index is 0.0355. The number of aromatic carboxylic acids is 1. The van der Waals surface area contributed by atoms with E-state index < -0.39 is 17.4 Å². The van der Waals surface area contributed by atoms with Crippen LogP contribution >= 0.6 is 27.3 Å². The molecular weight excluding hydrogens is 434 g/mol. The highest BCUT2D eigenvalue weighted by atomic mass is 79.9. The molecule has 1 amide bonds. The number of benzene rings is 1. The van der Waals surface area contributed by atoms with E-state index >= 15 is 0 Å². The van der Waals surface area contributed by atoms with Crippen LogP contribution in [-0.4, -0.2) is 26.5 Å². The van der Waals surface area contributed by atoms with Crippen molar-refractivity contribution in [1.29, 1.82) is 0 Å². The molecule has 2 aromatic heterocycles. The number of halogens is 1. The molecule has 0 fully saturated rings. The number of thiophene rings is 1. The van der Waals surface area contributed by atoms with Gasteiger partial charge in [0.15, 0.2) is 0 Å². The molecule has 0 saturated heterocycles. The van der Waals surface area contributed by atoms with Gasteiger partial charge in [0.25, 0.3) is 5.56 Å². The zero-order valence-electron chi connectivity index (χ0n) is 14.5. The predicted molar refractivity (Wildman–Crippen MR) is 108 cm³/mol. The van der Waals surface area contributed by atoms with Crippen LogP contribution in [0.1, 0.15) is 35.9 Å². The first-order chi connectivity index (χ1) is 12.8. The molecule has 0 unspecified atom stereocenters. The quantitative estimate of drug-likeness (QED) is 0.618. The number of nitrogens with zero attached hydrogens (tertiary/aromatic N) is 2. The van der Waals surface area contributed by atoms with E-state index in [9.17, 15) is 19.5 Å². The van der Waals surface area contributed by atoms with Crippen LogP contribution in [0, 0.1) is 0 Å². The molecule has 3 aromatic rings. The van der Waals surface area contributed by atoms with Gasteiger partial charge in [-0.05, 0) is 24.3 Å². The fourth-order valence-electron chi connectivity index (χ4n) is 2.67. The monoisotopic (exact) mass is 449 g/mol. The zero-order valence-corrected chi connectivity index (χ0v) is 16.9. The lowest BCUT2D eigenvalue weighted by molar-refractivity contribution is -0.116. The van der Waals surface area contributed by atoms with Crippen LogP contribution in [0.2, 0.25) is 0 Å². The van der Waals surface area contributed by atoms with Gasteiger partial charge in [-0.2, -0.15) is 0 Å². The van der Waals surface area contributed by atoms with E-state index in [1.165, 1.54) is 9.95 Å². The average molecular weight is 450 g/mol. The maximum atomic E-state index is 13.0. The maximum absolute atomic E-state index is 13.0. The minimum atomic E-state index is -1.19.